The zero-order chi connectivity index (χ0) is 16.5. The van der Waals surface area contributed by atoms with Crippen LogP contribution in [0.5, 0.6) is 5.75 Å². The van der Waals surface area contributed by atoms with Gasteiger partial charge in [0.2, 0.25) is 0 Å². The first kappa shape index (κ1) is 16.8. The highest BCUT2D eigenvalue weighted by atomic mass is 35.5. The van der Waals surface area contributed by atoms with E-state index in [0.29, 0.717) is 17.3 Å². The van der Waals surface area contributed by atoms with Crippen molar-refractivity contribution in [3.63, 3.8) is 0 Å². The van der Waals surface area contributed by atoms with Gasteiger partial charge in [-0.1, -0.05) is 41.9 Å². The van der Waals surface area contributed by atoms with Gasteiger partial charge in [0.05, 0.1) is 19.9 Å². The summed E-state index contributed by atoms with van der Waals surface area (Å²) in [7, 11) is 1.32. The number of benzene rings is 2. The first-order valence-electron chi connectivity index (χ1n) is 6.98. The summed E-state index contributed by atoms with van der Waals surface area (Å²) in [4.78, 5) is 11.0. The topological polar surface area (TPSA) is 59.9 Å². The second-order valence-corrected chi connectivity index (χ2v) is 5.03. The van der Waals surface area contributed by atoms with Gasteiger partial charge in [-0.25, -0.2) is 4.79 Å². The zero-order valence-corrected chi connectivity index (χ0v) is 13.4. The molecule has 120 valence electrons. The lowest BCUT2D eigenvalue weighted by Crippen LogP contribution is -2.12. The Morgan fingerprint density at radius 1 is 1.26 bits per heavy atom. The summed E-state index contributed by atoms with van der Waals surface area (Å²) in [5.41, 5.74) is 4.76. The summed E-state index contributed by atoms with van der Waals surface area (Å²) in [6.45, 7) is 0.413. The van der Waals surface area contributed by atoms with E-state index in [1.54, 1.807) is 18.3 Å². The molecule has 0 heterocycles. The van der Waals surface area contributed by atoms with Crippen LogP contribution in [0.4, 0.5) is 0 Å². The normalized spacial score (nSPS) is 10.5. The summed E-state index contributed by atoms with van der Waals surface area (Å²) >= 11 is 6.07. The van der Waals surface area contributed by atoms with E-state index in [4.69, 9.17) is 16.3 Å². The van der Waals surface area contributed by atoms with Crippen molar-refractivity contribution in [3.8, 4) is 5.75 Å². The maximum absolute atomic E-state index is 11.0. The van der Waals surface area contributed by atoms with Crippen LogP contribution >= 0.6 is 11.6 Å². The lowest BCUT2D eigenvalue weighted by molar-refractivity contribution is -0.142. The second kappa shape index (κ2) is 8.80. The first-order chi connectivity index (χ1) is 11.2. The van der Waals surface area contributed by atoms with E-state index >= 15 is 0 Å². The smallest absolute Gasteiger partial charge is 0.343 e. The number of nitrogens with zero attached hydrogens (tertiary/aromatic N) is 1. The van der Waals surface area contributed by atoms with Crippen molar-refractivity contribution in [2.75, 3.05) is 13.7 Å². The van der Waals surface area contributed by atoms with Crippen molar-refractivity contribution in [1.29, 1.82) is 0 Å². The molecule has 0 aliphatic carbocycles. The molecule has 0 aliphatic heterocycles. The van der Waals surface area contributed by atoms with Gasteiger partial charge < -0.3 is 14.9 Å². The summed E-state index contributed by atoms with van der Waals surface area (Å²) in [6, 6.07) is 14.8. The van der Waals surface area contributed by atoms with Crippen molar-refractivity contribution >= 4 is 23.8 Å². The number of carbonyl (C=O) groups excluding carboxylic acids is 1. The fraction of sp³-hybridized carbons (Fsp3) is 0.176. The monoisotopic (exact) mass is 332 g/mol. The minimum absolute atomic E-state index is 0.123. The highest BCUT2D eigenvalue weighted by Gasteiger charge is 2.02. The quantitative estimate of drug-likeness (QED) is 0.481. The van der Waals surface area contributed by atoms with Crippen LogP contribution in [-0.2, 0) is 16.1 Å². The highest BCUT2D eigenvalue weighted by molar-refractivity contribution is 6.31. The third-order valence-electron chi connectivity index (χ3n) is 2.97. The zero-order valence-electron chi connectivity index (χ0n) is 12.7. The van der Waals surface area contributed by atoms with Gasteiger partial charge in [-0.05, 0) is 29.3 Å². The van der Waals surface area contributed by atoms with Gasteiger partial charge in [0.25, 0.3) is 0 Å². The maximum atomic E-state index is 11.0. The van der Waals surface area contributed by atoms with Crippen LogP contribution in [0, 0.1) is 0 Å². The predicted molar refractivity (Wildman–Crippen MR) is 89.8 cm³/mol. The molecular weight excluding hydrogens is 316 g/mol. The molecule has 0 fully saturated rings. The molecule has 0 saturated carbocycles. The number of hydrogen-bond donors (Lipinski definition) is 1. The number of rotatable bonds is 7. The molecule has 5 nitrogen and oxygen atoms in total. The maximum Gasteiger partial charge on any atom is 0.343 e. The van der Waals surface area contributed by atoms with Crippen LogP contribution in [-0.4, -0.2) is 25.9 Å². The summed E-state index contributed by atoms with van der Waals surface area (Å²) in [6.07, 6.45) is 1.67. The minimum Gasteiger partial charge on any atom is -0.482 e. The standard InChI is InChI=1S/C17H17ClN2O3/c1-22-17(21)12-23-15-7-4-5-13(9-15)10-19-20-11-14-6-2-3-8-16(14)18/h2-10,20H,11-12H2,1H3/b19-10-. The van der Waals surface area contributed by atoms with Gasteiger partial charge in [0.1, 0.15) is 5.75 Å². The molecule has 0 radical (unpaired) electrons. The largest absolute Gasteiger partial charge is 0.482 e. The minimum atomic E-state index is -0.425. The molecule has 0 spiro atoms. The van der Waals surface area contributed by atoms with Gasteiger partial charge >= 0.3 is 5.97 Å². The highest BCUT2D eigenvalue weighted by Crippen LogP contribution is 2.14. The molecule has 0 aliphatic rings. The number of halogens is 1. The van der Waals surface area contributed by atoms with Crippen LogP contribution in [0.15, 0.2) is 53.6 Å². The molecule has 23 heavy (non-hydrogen) atoms. The van der Waals surface area contributed by atoms with Crippen molar-refractivity contribution in [1.82, 2.24) is 5.43 Å². The molecule has 2 aromatic carbocycles. The van der Waals surface area contributed by atoms with Gasteiger partial charge in [0, 0.05) is 5.02 Å². The number of hydrazone groups is 1. The summed E-state index contributed by atoms with van der Waals surface area (Å²) < 4.78 is 9.84. The number of carbonyl (C=O) groups is 1. The Morgan fingerprint density at radius 3 is 2.87 bits per heavy atom. The molecule has 0 amide bonds. The van der Waals surface area contributed by atoms with Crippen molar-refractivity contribution in [2.24, 2.45) is 5.10 Å². The Kier molecular flexibility index (Phi) is 6.44. The Labute approximate surface area is 139 Å². The number of hydrogen-bond acceptors (Lipinski definition) is 5. The third-order valence-corrected chi connectivity index (χ3v) is 3.34. The second-order valence-electron chi connectivity index (χ2n) is 4.62. The van der Waals surface area contributed by atoms with Crippen molar-refractivity contribution in [3.05, 3.63) is 64.7 Å². The lowest BCUT2D eigenvalue weighted by atomic mass is 10.2. The van der Waals surface area contributed by atoms with Crippen LogP contribution in [0.1, 0.15) is 11.1 Å². The lowest BCUT2D eigenvalue weighted by Gasteiger charge is -2.05. The Bertz CT molecular complexity index is 689. The average molecular weight is 333 g/mol. The number of esters is 1. The number of ether oxygens (including phenoxy) is 2. The van der Waals surface area contributed by atoms with Crippen LogP contribution < -0.4 is 10.2 Å². The van der Waals surface area contributed by atoms with Gasteiger partial charge in [-0.2, -0.15) is 5.10 Å². The molecule has 0 unspecified atom stereocenters. The average Bonchev–Trinajstić information content (AvgIpc) is 2.58. The van der Waals surface area contributed by atoms with E-state index in [9.17, 15) is 4.79 Å². The van der Waals surface area contributed by atoms with Gasteiger partial charge in [-0.3, -0.25) is 0 Å². The molecule has 0 saturated heterocycles. The Balaban J connectivity index is 1.87. The molecule has 1 N–H and O–H groups in total. The van der Waals surface area contributed by atoms with E-state index < -0.39 is 5.97 Å². The molecular formula is C17H17ClN2O3. The van der Waals surface area contributed by atoms with Crippen molar-refractivity contribution < 1.29 is 14.3 Å². The predicted octanol–water partition coefficient (Wildman–Crippen LogP) is 3.02. The molecule has 0 atom stereocenters. The van der Waals surface area contributed by atoms with E-state index in [2.05, 4.69) is 15.3 Å². The SMILES string of the molecule is COC(=O)COc1cccc(/C=N\NCc2ccccc2Cl)c1. The summed E-state index contributed by atoms with van der Waals surface area (Å²) in [5.74, 6) is 0.149. The Morgan fingerprint density at radius 2 is 2.09 bits per heavy atom. The van der Waals surface area contributed by atoms with Crippen LogP contribution in [0.2, 0.25) is 5.02 Å². The Hall–Kier alpha value is -2.53. The van der Waals surface area contributed by atoms with Crippen LogP contribution in [0.25, 0.3) is 0 Å². The van der Waals surface area contributed by atoms with E-state index in [0.717, 1.165) is 11.1 Å². The van der Waals surface area contributed by atoms with E-state index in [1.165, 1.54) is 7.11 Å². The third kappa shape index (κ3) is 5.64. The summed E-state index contributed by atoms with van der Waals surface area (Å²) in [5, 5.41) is 4.85. The fourth-order valence-electron chi connectivity index (χ4n) is 1.78. The molecule has 0 bridgehead atoms. The van der Waals surface area contributed by atoms with E-state index in [1.807, 2.05) is 36.4 Å². The molecule has 6 heteroatoms. The van der Waals surface area contributed by atoms with Crippen LogP contribution in [0.3, 0.4) is 0 Å². The van der Waals surface area contributed by atoms with Gasteiger partial charge in [0.15, 0.2) is 6.61 Å². The van der Waals surface area contributed by atoms with Gasteiger partial charge in [-0.15, -0.1) is 0 Å². The molecule has 0 aromatic heterocycles. The molecule has 2 rings (SSSR count). The van der Waals surface area contributed by atoms with Crippen molar-refractivity contribution in [2.45, 2.75) is 6.54 Å². The first-order valence-corrected chi connectivity index (χ1v) is 7.36. The fourth-order valence-corrected chi connectivity index (χ4v) is 1.98. The molecule has 2 aromatic rings. The van der Waals surface area contributed by atoms with E-state index in [-0.39, 0.29) is 6.61 Å². The number of nitrogens with one attached hydrogen (secondary N) is 1. The number of methoxy groups -OCH3 is 1.